The van der Waals surface area contributed by atoms with Crippen molar-refractivity contribution in [2.75, 3.05) is 7.11 Å². The molecule has 0 radical (unpaired) electrons. The maximum absolute atomic E-state index is 11.8. The Kier molecular flexibility index (Phi) is 5.03. The quantitative estimate of drug-likeness (QED) is 0.539. The van der Waals surface area contributed by atoms with Crippen LogP contribution < -0.4 is 4.74 Å². The van der Waals surface area contributed by atoms with Crippen molar-refractivity contribution in [1.29, 1.82) is 0 Å². The average molecular weight is 220 g/mol. The molecule has 1 rings (SSSR count). The van der Waals surface area contributed by atoms with Gasteiger partial charge in [0, 0.05) is 12.0 Å². The molecule has 88 valence electrons. The van der Waals surface area contributed by atoms with Gasteiger partial charge in [0.1, 0.15) is 5.75 Å². The summed E-state index contributed by atoms with van der Waals surface area (Å²) in [6, 6.07) is 5.62. The second kappa shape index (κ2) is 6.31. The number of aryl methyl sites for hydroxylation is 1. The molecule has 16 heavy (non-hydrogen) atoms. The molecule has 0 aromatic heterocycles. The molecule has 2 nitrogen and oxygen atoms in total. The monoisotopic (exact) mass is 220 g/mol. The molecular formula is C14H20O2. The normalized spacial score (nSPS) is 10.2. The van der Waals surface area contributed by atoms with Gasteiger partial charge in [0.05, 0.1) is 7.11 Å². The highest BCUT2D eigenvalue weighted by Crippen LogP contribution is 2.19. The summed E-state index contributed by atoms with van der Waals surface area (Å²) in [4.78, 5) is 11.8. The fourth-order valence-corrected chi connectivity index (χ4v) is 1.73. The summed E-state index contributed by atoms with van der Waals surface area (Å²) < 4.78 is 5.17. The Labute approximate surface area is 97.6 Å². The van der Waals surface area contributed by atoms with Crippen molar-refractivity contribution in [3.05, 3.63) is 29.3 Å². The Bertz CT molecular complexity index is 356. The van der Waals surface area contributed by atoms with Gasteiger partial charge < -0.3 is 4.74 Å². The van der Waals surface area contributed by atoms with Gasteiger partial charge in [0.2, 0.25) is 0 Å². The molecular weight excluding hydrogens is 200 g/mol. The summed E-state index contributed by atoms with van der Waals surface area (Å²) in [5, 5.41) is 0. The summed E-state index contributed by atoms with van der Waals surface area (Å²) in [7, 11) is 1.64. The highest BCUT2D eigenvalue weighted by atomic mass is 16.5. The van der Waals surface area contributed by atoms with Crippen LogP contribution in [0.5, 0.6) is 5.75 Å². The van der Waals surface area contributed by atoms with Gasteiger partial charge in [0.25, 0.3) is 0 Å². The molecule has 0 heterocycles. The number of Topliss-reactive ketones (excluding diaryl/α,β-unsaturated/α-hetero) is 1. The first-order chi connectivity index (χ1) is 7.69. The van der Waals surface area contributed by atoms with Crippen LogP contribution in [0, 0.1) is 6.92 Å². The Morgan fingerprint density at radius 1 is 1.31 bits per heavy atom. The van der Waals surface area contributed by atoms with Crippen molar-refractivity contribution in [3.63, 3.8) is 0 Å². The Balaban J connectivity index is 2.66. The molecule has 0 spiro atoms. The Morgan fingerprint density at radius 2 is 2.06 bits per heavy atom. The third kappa shape index (κ3) is 3.37. The van der Waals surface area contributed by atoms with E-state index in [1.54, 1.807) is 7.11 Å². The number of unbranched alkanes of at least 4 members (excludes halogenated alkanes) is 2. The van der Waals surface area contributed by atoms with E-state index in [9.17, 15) is 4.79 Å². The SMILES string of the molecule is CCCCCC(=O)c1ccc(OC)c(C)c1. The third-order valence-corrected chi connectivity index (χ3v) is 2.72. The van der Waals surface area contributed by atoms with Crippen molar-refractivity contribution in [2.24, 2.45) is 0 Å². The number of hydrogen-bond acceptors (Lipinski definition) is 2. The van der Waals surface area contributed by atoms with Gasteiger partial charge in [-0.05, 0) is 37.1 Å². The van der Waals surface area contributed by atoms with Crippen LogP contribution >= 0.6 is 0 Å². The smallest absolute Gasteiger partial charge is 0.162 e. The molecule has 0 saturated carbocycles. The average Bonchev–Trinajstić information content (AvgIpc) is 2.29. The summed E-state index contributed by atoms with van der Waals surface area (Å²) in [5.74, 6) is 1.07. The minimum Gasteiger partial charge on any atom is -0.496 e. The molecule has 2 heteroatoms. The van der Waals surface area contributed by atoms with Crippen molar-refractivity contribution >= 4 is 5.78 Å². The first kappa shape index (κ1) is 12.8. The first-order valence-corrected chi connectivity index (χ1v) is 5.87. The molecule has 0 fully saturated rings. The molecule has 0 N–H and O–H groups in total. The predicted octanol–water partition coefficient (Wildman–Crippen LogP) is 3.77. The number of carbonyl (C=O) groups is 1. The van der Waals surface area contributed by atoms with Crippen LogP contribution in [0.2, 0.25) is 0 Å². The second-order valence-electron chi connectivity index (χ2n) is 4.06. The van der Waals surface area contributed by atoms with E-state index >= 15 is 0 Å². The molecule has 0 aliphatic carbocycles. The molecule has 0 atom stereocenters. The molecule has 0 unspecified atom stereocenters. The lowest BCUT2D eigenvalue weighted by atomic mass is 10.0. The van der Waals surface area contributed by atoms with Crippen LogP contribution in [0.15, 0.2) is 18.2 Å². The molecule has 1 aromatic carbocycles. The number of ketones is 1. The maximum atomic E-state index is 11.8. The number of hydrogen-bond donors (Lipinski definition) is 0. The van der Waals surface area contributed by atoms with Crippen LogP contribution in [-0.2, 0) is 0 Å². The molecule has 0 saturated heterocycles. The fourth-order valence-electron chi connectivity index (χ4n) is 1.73. The minimum atomic E-state index is 0.235. The fraction of sp³-hybridized carbons (Fsp3) is 0.500. The van der Waals surface area contributed by atoms with Gasteiger partial charge in [-0.2, -0.15) is 0 Å². The van der Waals surface area contributed by atoms with Crippen molar-refractivity contribution < 1.29 is 9.53 Å². The van der Waals surface area contributed by atoms with Crippen LogP contribution in [0.1, 0.15) is 48.5 Å². The summed E-state index contributed by atoms with van der Waals surface area (Å²) in [5.41, 5.74) is 1.82. The zero-order chi connectivity index (χ0) is 12.0. The molecule has 0 aliphatic rings. The van der Waals surface area contributed by atoms with E-state index in [1.807, 2.05) is 25.1 Å². The van der Waals surface area contributed by atoms with E-state index in [0.717, 1.165) is 36.1 Å². The van der Waals surface area contributed by atoms with Crippen molar-refractivity contribution in [3.8, 4) is 5.75 Å². The molecule has 0 aliphatic heterocycles. The van der Waals surface area contributed by atoms with Gasteiger partial charge in [-0.15, -0.1) is 0 Å². The number of ether oxygens (including phenoxy) is 1. The maximum Gasteiger partial charge on any atom is 0.162 e. The Morgan fingerprint density at radius 3 is 2.62 bits per heavy atom. The van der Waals surface area contributed by atoms with Crippen LogP contribution in [0.25, 0.3) is 0 Å². The standard InChI is InChI=1S/C14H20O2/c1-4-5-6-7-13(15)12-8-9-14(16-3)11(2)10-12/h8-10H,4-7H2,1-3H3. The predicted molar refractivity (Wildman–Crippen MR) is 66.2 cm³/mol. The Hall–Kier alpha value is -1.31. The topological polar surface area (TPSA) is 26.3 Å². The molecule has 1 aromatic rings. The first-order valence-electron chi connectivity index (χ1n) is 5.87. The zero-order valence-electron chi connectivity index (χ0n) is 10.4. The highest BCUT2D eigenvalue weighted by molar-refractivity contribution is 5.96. The number of benzene rings is 1. The van der Waals surface area contributed by atoms with Crippen molar-refractivity contribution in [1.82, 2.24) is 0 Å². The van der Waals surface area contributed by atoms with Gasteiger partial charge in [-0.3, -0.25) is 4.79 Å². The highest BCUT2D eigenvalue weighted by Gasteiger charge is 2.07. The lowest BCUT2D eigenvalue weighted by molar-refractivity contribution is 0.0979. The van der Waals surface area contributed by atoms with Gasteiger partial charge in [-0.25, -0.2) is 0 Å². The van der Waals surface area contributed by atoms with E-state index in [-0.39, 0.29) is 5.78 Å². The van der Waals surface area contributed by atoms with Gasteiger partial charge in [-0.1, -0.05) is 19.8 Å². The van der Waals surface area contributed by atoms with E-state index in [1.165, 1.54) is 0 Å². The lowest BCUT2D eigenvalue weighted by Gasteiger charge is -2.06. The summed E-state index contributed by atoms with van der Waals surface area (Å²) in [6.45, 7) is 4.10. The van der Waals surface area contributed by atoms with Crippen LogP contribution in [0.3, 0.4) is 0 Å². The van der Waals surface area contributed by atoms with E-state index in [2.05, 4.69) is 6.92 Å². The lowest BCUT2D eigenvalue weighted by Crippen LogP contribution is -2.00. The van der Waals surface area contributed by atoms with Crippen molar-refractivity contribution in [2.45, 2.75) is 39.5 Å². The minimum absolute atomic E-state index is 0.235. The van der Waals surface area contributed by atoms with Crippen LogP contribution in [0.4, 0.5) is 0 Å². The number of rotatable bonds is 6. The molecule has 0 bridgehead atoms. The summed E-state index contributed by atoms with van der Waals surface area (Å²) in [6.07, 6.45) is 3.91. The second-order valence-corrected chi connectivity index (χ2v) is 4.06. The number of carbonyl (C=O) groups excluding carboxylic acids is 1. The van der Waals surface area contributed by atoms with E-state index < -0.39 is 0 Å². The zero-order valence-corrected chi connectivity index (χ0v) is 10.4. The van der Waals surface area contributed by atoms with Crippen LogP contribution in [-0.4, -0.2) is 12.9 Å². The number of methoxy groups -OCH3 is 1. The van der Waals surface area contributed by atoms with E-state index in [0.29, 0.717) is 6.42 Å². The largest absolute Gasteiger partial charge is 0.496 e. The van der Waals surface area contributed by atoms with Gasteiger partial charge >= 0.3 is 0 Å². The third-order valence-electron chi connectivity index (χ3n) is 2.72. The van der Waals surface area contributed by atoms with E-state index in [4.69, 9.17) is 4.74 Å². The van der Waals surface area contributed by atoms with Gasteiger partial charge in [0.15, 0.2) is 5.78 Å². The summed E-state index contributed by atoms with van der Waals surface area (Å²) >= 11 is 0. The molecule has 0 amide bonds.